The molecule has 78 heavy (non-hydrogen) atoms. The second kappa shape index (κ2) is 34.6. The molecule has 0 aliphatic rings. The molecule has 1 atom stereocenters. The molecule has 1 unspecified atom stereocenters. The second-order valence-corrected chi connectivity index (χ2v) is 41.5. The average Bonchev–Trinajstić information content (AvgIpc) is 3.52. The Morgan fingerprint density at radius 2 is 0.641 bits per heavy atom. The molecule has 10 heteroatoms. The van der Waals surface area contributed by atoms with Crippen LogP contribution in [-0.4, -0.2) is 35.0 Å². The minimum atomic E-state index is -4.85. The van der Waals surface area contributed by atoms with Gasteiger partial charge in [0, 0.05) is 28.0 Å². The van der Waals surface area contributed by atoms with E-state index in [9.17, 15) is 13.2 Å². The molecule has 5 aromatic rings. The largest absolute Gasteiger partial charge is 0.573 e. The van der Waals surface area contributed by atoms with Gasteiger partial charge < -0.3 is 4.74 Å². The van der Waals surface area contributed by atoms with Gasteiger partial charge in [-0.15, -0.1) is 13.2 Å². The van der Waals surface area contributed by atoms with Crippen molar-refractivity contribution in [2.45, 2.75) is 245 Å². The highest BCUT2D eigenvalue weighted by molar-refractivity contribution is 7.84. The zero-order valence-corrected chi connectivity index (χ0v) is 55.1. The number of halogens is 3. The summed E-state index contributed by atoms with van der Waals surface area (Å²) in [4.78, 5) is 0. The van der Waals surface area contributed by atoms with Crippen molar-refractivity contribution < 1.29 is 17.9 Å². The van der Waals surface area contributed by atoms with Gasteiger partial charge in [-0.1, -0.05) is 363 Å². The third-order valence-electron chi connectivity index (χ3n) is 17.2. The molecular weight excluding hydrogens is 1050 g/mol. The first-order valence-corrected chi connectivity index (χ1v) is 41.9. The highest BCUT2D eigenvalue weighted by Crippen LogP contribution is 2.57. The van der Waals surface area contributed by atoms with Crippen LogP contribution >= 0.6 is 16.1 Å². The second-order valence-electron chi connectivity index (χ2n) is 23.1. The third-order valence-corrected chi connectivity index (χ3v) is 39.1. The molecule has 0 spiro atoms. The first kappa shape index (κ1) is 66.0. The van der Waals surface area contributed by atoms with Gasteiger partial charge in [0.25, 0.3) is 0 Å². The van der Waals surface area contributed by atoms with Crippen molar-refractivity contribution in [3.8, 4) is 5.75 Å². The minimum Gasteiger partial charge on any atom is -0.405 e. The van der Waals surface area contributed by atoms with E-state index in [2.05, 4.69) is 170 Å². The van der Waals surface area contributed by atoms with Crippen LogP contribution in [0.3, 0.4) is 0 Å². The summed E-state index contributed by atoms with van der Waals surface area (Å²) in [7, 11) is -8.52. The van der Waals surface area contributed by atoms with Crippen molar-refractivity contribution in [2.24, 2.45) is 0 Å². The van der Waals surface area contributed by atoms with Gasteiger partial charge >= 0.3 is 6.36 Å². The highest BCUT2D eigenvalue weighted by Gasteiger charge is 2.40. The molecule has 0 fully saturated rings. The summed E-state index contributed by atoms with van der Waals surface area (Å²) in [6.07, 6.45) is 17.3. The van der Waals surface area contributed by atoms with Crippen LogP contribution in [0, 0.1) is 0 Å². The summed E-state index contributed by atoms with van der Waals surface area (Å²) in [5, 5.41) is 8.89. The molecule has 0 saturated carbocycles. The van der Waals surface area contributed by atoms with Gasteiger partial charge in [-0.3, -0.25) is 0 Å². The average molecular weight is 1150 g/mol. The highest BCUT2D eigenvalue weighted by atomic mass is 31.2. The Balaban J connectivity index is 1.90. The van der Waals surface area contributed by atoms with Crippen LogP contribution in [0.1, 0.15) is 183 Å². The van der Waals surface area contributed by atoms with Crippen molar-refractivity contribution in [3.63, 3.8) is 0 Å². The molecule has 0 N–H and O–H groups in total. The minimum absolute atomic E-state index is 0.103. The van der Waals surface area contributed by atoms with Gasteiger partial charge in [0.1, 0.15) is 5.75 Å². The van der Waals surface area contributed by atoms with Crippen molar-refractivity contribution in [1.29, 1.82) is 0 Å². The zero-order chi connectivity index (χ0) is 56.3. The molecule has 0 heterocycles. The van der Waals surface area contributed by atoms with Crippen LogP contribution in [0.2, 0.25) is 54.4 Å². The van der Waals surface area contributed by atoms with Crippen LogP contribution in [-0.2, 0) is 6.54 Å². The molecule has 0 aliphatic carbocycles. The molecule has 5 aromatic carbocycles. The molecule has 0 aliphatic heterocycles. The monoisotopic (exact) mass is 1150 g/mol. The zero-order valence-electron chi connectivity index (χ0n) is 50.3. The van der Waals surface area contributed by atoms with E-state index < -0.39 is 46.7 Å². The number of benzene rings is 5. The van der Waals surface area contributed by atoms with E-state index in [-0.39, 0.29) is 5.75 Å². The predicted molar refractivity (Wildman–Crippen MR) is 350 cm³/mol. The van der Waals surface area contributed by atoms with Gasteiger partial charge in [0.05, 0.1) is 24.2 Å². The summed E-state index contributed by atoms with van der Waals surface area (Å²) >= 11 is 0. The lowest BCUT2D eigenvalue weighted by atomic mass is 10.2. The normalized spacial score (nSPS) is 12.9. The van der Waals surface area contributed by atoms with E-state index >= 15 is 0 Å². The molecule has 0 bridgehead atoms. The van der Waals surface area contributed by atoms with Gasteiger partial charge in [-0.2, -0.15) is 0 Å². The summed E-state index contributed by atoms with van der Waals surface area (Å²) < 4.78 is 52.3. The lowest BCUT2D eigenvalue weighted by molar-refractivity contribution is -0.274. The standard InChI is InChI=1S/C68H104F3NOP2Si3/c1-10-19-49-76(50-20-11-2,51-21-12-3)63-43-37-60(38-44-63)74(61-39-45-64(46-40-61)77(52-22-13-4,53-23-14-5)54-24-15-6)72(58-59-33-29-28-30-34-59)75(67-36-32-31-35-66(67)73-68(69,70)71)62-41-47-65(48-42-62)78(55-25-16-7,56-26-17-8)57-27-18-9/h28-48H,10-27,49-58H2,1-9H3. The number of unbranched alkanes of at least 4 members (excludes halogenated alkanes) is 9. The van der Waals surface area contributed by atoms with Gasteiger partial charge in [0.2, 0.25) is 0 Å². The maximum absolute atomic E-state index is 14.8. The first-order valence-electron chi connectivity index (χ1n) is 31.4. The van der Waals surface area contributed by atoms with E-state index in [1.54, 1.807) is 22.5 Å². The number of rotatable bonds is 39. The number of nitrogens with zero attached hydrogens (tertiary/aromatic N) is 1. The Morgan fingerprint density at radius 1 is 0.359 bits per heavy atom. The number of hydrogen-bond acceptors (Lipinski definition) is 2. The van der Waals surface area contributed by atoms with Crippen LogP contribution in [0.4, 0.5) is 13.2 Å². The summed E-state index contributed by atoms with van der Waals surface area (Å²) in [6.45, 7) is 21.6. The van der Waals surface area contributed by atoms with Crippen LogP contribution in [0.5, 0.6) is 5.75 Å². The molecule has 0 saturated heterocycles. The van der Waals surface area contributed by atoms with E-state index in [1.165, 1.54) is 186 Å². The number of hydrogen-bond donors (Lipinski definition) is 0. The van der Waals surface area contributed by atoms with Crippen molar-refractivity contribution >= 4 is 77.1 Å². The molecule has 2 nitrogen and oxygen atoms in total. The Hall–Kier alpha value is -2.84. The molecule has 0 aromatic heterocycles. The SMILES string of the molecule is CCCC[Si](CCCC)(CCCC)c1ccc(P(c2ccc([Si](CCCC)(CCCC)CCCC)cc2)N(Cc2ccccc2)P(c2ccc([Si](CCCC)(CCCC)CCCC)cc2)c2ccccc2OC(F)(F)F)cc1. The van der Waals surface area contributed by atoms with E-state index in [0.29, 0.717) is 11.8 Å². The molecule has 5 rings (SSSR count). The van der Waals surface area contributed by atoms with Gasteiger partial charge in [0.15, 0.2) is 0 Å². The number of para-hydroxylation sites is 1. The van der Waals surface area contributed by atoms with E-state index in [1.807, 2.05) is 12.1 Å². The van der Waals surface area contributed by atoms with Crippen molar-refractivity contribution in [1.82, 2.24) is 4.44 Å². The molecule has 0 radical (unpaired) electrons. The predicted octanol–water partition coefficient (Wildman–Crippen LogP) is 19.7. The van der Waals surface area contributed by atoms with Gasteiger partial charge in [-0.05, 0) is 33.6 Å². The molecule has 0 amide bonds. The lowest BCUT2D eigenvalue weighted by Gasteiger charge is -2.40. The van der Waals surface area contributed by atoms with E-state index in [0.717, 1.165) is 10.9 Å². The topological polar surface area (TPSA) is 12.5 Å². The Morgan fingerprint density at radius 3 is 0.936 bits per heavy atom. The fourth-order valence-corrected chi connectivity index (χ4v) is 35.3. The van der Waals surface area contributed by atoms with E-state index in [4.69, 9.17) is 4.74 Å². The molecular formula is C68H104F3NOP2Si3. The Labute approximate surface area is 480 Å². The van der Waals surface area contributed by atoms with Crippen LogP contribution in [0.15, 0.2) is 127 Å². The smallest absolute Gasteiger partial charge is 0.405 e. The van der Waals surface area contributed by atoms with Crippen LogP contribution in [0.25, 0.3) is 0 Å². The fourth-order valence-electron chi connectivity index (χ4n) is 12.6. The van der Waals surface area contributed by atoms with Crippen LogP contribution < -0.4 is 41.5 Å². The number of ether oxygens (including phenoxy) is 1. The Kier molecular flexibility index (Phi) is 29.2. The van der Waals surface area contributed by atoms with Crippen molar-refractivity contribution in [2.75, 3.05) is 0 Å². The summed E-state index contributed by atoms with van der Waals surface area (Å²) in [6, 6.07) is 59.3. The maximum Gasteiger partial charge on any atom is 0.573 e. The first-order chi connectivity index (χ1) is 37.9. The van der Waals surface area contributed by atoms with Gasteiger partial charge in [-0.25, -0.2) is 4.44 Å². The quantitative estimate of drug-likeness (QED) is 0.0287. The number of alkyl halides is 3. The lowest BCUT2D eigenvalue weighted by Crippen LogP contribution is -2.48. The Bertz CT molecular complexity index is 2240. The fraction of sp³-hybridized carbons (Fsp3) is 0.559. The summed E-state index contributed by atoms with van der Waals surface area (Å²) in [5.41, 5.74) is 1.15. The molecule has 430 valence electrons. The van der Waals surface area contributed by atoms with Crippen molar-refractivity contribution in [3.05, 3.63) is 133 Å². The third kappa shape index (κ3) is 18.9. The maximum atomic E-state index is 14.8. The summed E-state index contributed by atoms with van der Waals surface area (Å²) in [5.74, 6) is -0.103.